The van der Waals surface area contributed by atoms with E-state index >= 15 is 0 Å². The monoisotopic (exact) mass is 204 g/mol. The molecule has 3 nitrogen and oxygen atoms in total. The molecule has 1 atom stereocenters. The SMILES string of the molecule is CC1(C)CCNC12CCNC2=O.Cl. The van der Waals surface area contributed by atoms with E-state index in [4.69, 9.17) is 0 Å². The molecular formula is C9H17ClN2O. The molecule has 2 saturated heterocycles. The van der Waals surface area contributed by atoms with Crippen molar-refractivity contribution in [2.75, 3.05) is 13.1 Å². The highest BCUT2D eigenvalue weighted by Gasteiger charge is 2.55. The Labute approximate surface area is 85.1 Å². The molecule has 0 radical (unpaired) electrons. The third-order valence-electron chi connectivity index (χ3n) is 3.51. The van der Waals surface area contributed by atoms with Gasteiger partial charge in [-0.3, -0.25) is 4.79 Å². The second-order valence-corrected chi connectivity index (χ2v) is 4.47. The van der Waals surface area contributed by atoms with E-state index in [-0.39, 0.29) is 29.3 Å². The summed E-state index contributed by atoms with van der Waals surface area (Å²) in [6, 6.07) is 0. The van der Waals surface area contributed by atoms with Crippen molar-refractivity contribution in [2.45, 2.75) is 32.2 Å². The van der Waals surface area contributed by atoms with Crippen molar-refractivity contribution in [1.29, 1.82) is 0 Å². The van der Waals surface area contributed by atoms with Crippen molar-refractivity contribution in [3.63, 3.8) is 0 Å². The summed E-state index contributed by atoms with van der Waals surface area (Å²) in [6.07, 6.45) is 2.04. The zero-order valence-electron chi connectivity index (χ0n) is 8.14. The maximum absolute atomic E-state index is 11.6. The van der Waals surface area contributed by atoms with Crippen LogP contribution in [-0.2, 0) is 4.79 Å². The molecule has 0 aliphatic carbocycles. The van der Waals surface area contributed by atoms with Crippen molar-refractivity contribution in [3.8, 4) is 0 Å². The second-order valence-electron chi connectivity index (χ2n) is 4.47. The molecule has 2 rings (SSSR count). The Kier molecular flexibility index (Phi) is 2.61. The van der Waals surface area contributed by atoms with Crippen LogP contribution in [0.1, 0.15) is 26.7 Å². The van der Waals surface area contributed by atoms with Gasteiger partial charge < -0.3 is 10.6 Å². The number of hydrogen-bond donors (Lipinski definition) is 2. The van der Waals surface area contributed by atoms with Crippen LogP contribution in [-0.4, -0.2) is 24.5 Å². The minimum Gasteiger partial charge on any atom is -0.354 e. The lowest BCUT2D eigenvalue weighted by Gasteiger charge is -2.34. The largest absolute Gasteiger partial charge is 0.354 e. The van der Waals surface area contributed by atoms with E-state index in [2.05, 4.69) is 24.5 Å². The molecule has 2 aliphatic heterocycles. The van der Waals surface area contributed by atoms with Crippen LogP contribution in [0.15, 0.2) is 0 Å². The first kappa shape index (κ1) is 10.8. The van der Waals surface area contributed by atoms with Crippen LogP contribution in [0, 0.1) is 5.41 Å². The number of halogens is 1. The highest BCUT2D eigenvalue weighted by molar-refractivity contribution is 5.89. The molecule has 0 aromatic heterocycles. The van der Waals surface area contributed by atoms with Crippen LogP contribution in [0.3, 0.4) is 0 Å². The summed E-state index contributed by atoms with van der Waals surface area (Å²) in [5.41, 5.74) is -0.138. The first-order valence-corrected chi connectivity index (χ1v) is 4.62. The Morgan fingerprint density at radius 3 is 2.31 bits per heavy atom. The topological polar surface area (TPSA) is 41.1 Å². The number of hydrogen-bond acceptors (Lipinski definition) is 2. The summed E-state index contributed by atoms with van der Waals surface area (Å²) in [4.78, 5) is 11.6. The molecule has 4 heteroatoms. The molecular weight excluding hydrogens is 188 g/mol. The van der Waals surface area contributed by atoms with Gasteiger partial charge in [-0.15, -0.1) is 12.4 Å². The zero-order chi connectivity index (χ0) is 8.82. The highest BCUT2D eigenvalue weighted by atomic mass is 35.5. The smallest absolute Gasteiger partial charge is 0.240 e. The first-order valence-electron chi connectivity index (χ1n) is 4.62. The zero-order valence-corrected chi connectivity index (χ0v) is 8.96. The lowest BCUT2D eigenvalue weighted by atomic mass is 9.72. The number of amides is 1. The summed E-state index contributed by atoms with van der Waals surface area (Å²) < 4.78 is 0. The molecule has 0 saturated carbocycles. The molecule has 2 N–H and O–H groups in total. The van der Waals surface area contributed by atoms with Crippen molar-refractivity contribution < 1.29 is 4.79 Å². The standard InChI is InChI=1S/C9H16N2O.ClH/c1-8(2)3-6-11-9(8)4-5-10-7(9)12;/h11H,3-6H2,1-2H3,(H,10,12);1H. The van der Waals surface area contributed by atoms with Gasteiger partial charge in [0, 0.05) is 6.54 Å². The maximum Gasteiger partial charge on any atom is 0.240 e. The van der Waals surface area contributed by atoms with Gasteiger partial charge >= 0.3 is 0 Å². The fourth-order valence-corrected chi connectivity index (χ4v) is 2.48. The molecule has 1 spiro atoms. The minimum absolute atomic E-state index is 0. The molecule has 2 fully saturated rings. The minimum atomic E-state index is -0.257. The normalized spacial score (nSPS) is 36.0. The van der Waals surface area contributed by atoms with Gasteiger partial charge in [0.15, 0.2) is 0 Å². The van der Waals surface area contributed by atoms with Crippen molar-refractivity contribution in [1.82, 2.24) is 10.6 Å². The van der Waals surface area contributed by atoms with Gasteiger partial charge in [-0.25, -0.2) is 0 Å². The van der Waals surface area contributed by atoms with Crippen LogP contribution in [0.4, 0.5) is 0 Å². The van der Waals surface area contributed by atoms with Crippen LogP contribution < -0.4 is 10.6 Å². The first-order chi connectivity index (χ1) is 5.58. The van der Waals surface area contributed by atoms with Gasteiger partial charge in [-0.05, 0) is 24.8 Å². The van der Waals surface area contributed by atoms with Crippen LogP contribution in [0.2, 0.25) is 0 Å². The number of carbonyl (C=O) groups excluding carboxylic acids is 1. The average molecular weight is 205 g/mol. The Balaban J connectivity index is 0.000000845. The Morgan fingerprint density at radius 2 is 1.92 bits per heavy atom. The lowest BCUT2D eigenvalue weighted by molar-refractivity contribution is -0.127. The van der Waals surface area contributed by atoms with E-state index in [1.165, 1.54) is 0 Å². The van der Waals surface area contributed by atoms with Crippen molar-refractivity contribution in [3.05, 3.63) is 0 Å². The third kappa shape index (κ3) is 1.25. The van der Waals surface area contributed by atoms with E-state index in [9.17, 15) is 4.79 Å². The molecule has 2 heterocycles. The van der Waals surface area contributed by atoms with Gasteiger partial charge in [0.2, 0.25) is 5.91 Å². The van der Waals surface area contributed by atoms with Crippen molar-refractivity contribution >= 4 is 18.3 Å². The predicted octanol–water partition coefficient (Wildman–Crippen LogP) is 0.686. The molecule has 2 aliphatic rings. The highest BCUT2D eigenvalue weighted by Crippen LogP contribution is 2.42. The third-order valence-corrected chi connectivity index (χ3v) is 3.51. The van der Waals surface area contributed by atoms with Gasteiger partial charge in [-0.2, -0.15) is 0 Å². The van der Waals surface area contributed by atoms with Crippen molar-refractivity contribution in [2.24, 2.45) is 5.41 Å². The van der Waals surface area contributed by atoms with Gasteiger partial charge in [0.05, 0.1) is 0 Å². The van der Waals surface area contributed by atoms with Crippen LogP contribution in [0.25, 0.3) is 0 Å². The molecule has 0 aromatic carbocycles. The van der Waals surface area contributed by atoms with Crippen LogP contribution in [0.5, 0.6) is 0 Å². The van der Waals surface area contributed by atoms with E-state index < -0.39 is 0 Å². The summed E-state index contributed by atoms with van der Waals surface area (Å²) in [7, 11) is 0. The Morgan fingerprint density at radius 1 is 1.23 bits per heavy atom. The van der Waals surface area contributed by atoms with E-state index in [0.29, 0.717) is 0 Å². The Hall–Kier alpha value is -0.280. The average Bonchev–Trinajstić information content (AvgIpc) is 2.45. The molecule has 1 unspecified atom stereocenters. The lowest BCUT2D eigenvalue weighted by Crippen LogP contribution is -2.54. The van der Waals surface area contributed by atoms with Gasteiger partial charge in [0.1, 0.15) is 5.54 Å². The second kappa shape index (κ2) is 3.14. The molecule has 0 aromatic rings. The van der Waals surface area contributed by atoms with E-state index in [0.717, 1.165) is 25.9 Å². The fraction of sp³-hybridized carbons (Fsp3) is 0.889. The molecule has 76 valence electrons. The quantitative estimate of drug-likeness (QED) is 0.610. The number of nitrogens with one attached hydrogen (secondary N) is 2. The number of rotatable bonds is 0. The maximum atomic E-state index is 11.6. The summed E-state index contributed by atoms with van der Waals surface area (Å²) in [5.74, 6) is 0.199. The Bertz CT molecular complexity index is 226. The summed E-state index contributed by atoms with van der Waals surface area (Å²) >= 11 is 0. The predicted molar refractivity (Wildman–Crippen MR) is 54.0 cm³/mol. The van der Waals surface area contributed by atoms with E-state index in [1.54, 1.807) is 0 Å². The summed E-state index contributed by atoms with van der Waals surface area (Å²) in [6.45, 7) is 6.16. The molecule has 1 amide bonds. The summed E-state index contributed by atoms with van der Waals surface area (Å²) in [5, 5.41) is 6.27. The number of carbonyl (C=O) groups is 1. The van der Waals surface area contributed by atoms with E-state index in [1.807, 2.05) is 0 Å². The van der Waals surface area contributed by atoms with Gasteiger partial charge in [0.25, 0.3) is 0 Å². The van der Waals surface area contributed by atoms with Gasteiger partial charge in [-0.1, -0.05) is 13.8 Å². The molecule has 0 bridgehead atoms. The van der Waals surface area contributed by atoms with Crippen LogP contribution >= 0.6 is 12.4 Å². The fourth-order valence-electron chi connectivity index (χ4n) is 2.48. The molecule has 13 heavy (non-hydrogen) atoms.